The number of nitrogens with one attached hydrogen (secondary N) is 3. The lowest BCUT2D eigenvalue weighted by atomic mass is 10.0. The van der Waals surface area contributed by atoms with Gasteiger partial charge in [0.2, 0.25) is 17.7 Å². The van der Waals surface area contributed by atoms with Crippen molar-refractivity contribution in [2.24, 2.45) is 0 Å². The van der Waals surface area contributed by atoms with Crippen LogP contribution in [0.15, 0.2) is 12.1 Å². The van der Waals surface area contributed by atoms with E-state index in [1.54, 1.807) is 12.1 Å². The third-order valence-corrected chi connectivity index (χ3v) is 5.37. The number of nitrogens with zero attached hydrogens (tertiary/aromatic N) is 2. The summed E-state index contributed by atoms with van der Waals surface area (Å²) in [5.74, 6) is -0.0827. The number of hydrogen-bond acceptors (Lipinski definition) is 8. The van der Waals surface area contributed by atoms with E-state index < -0.39 is 11.2 Å². The maximum absolute atomic E-state index is 11.9. The molecule has 13 heteroatoms. The number of quaternary nitrogens is 1. The van der Waals surface area contributed by atoms with Gasteiger partial charge in [-0.2, -0.15) is 0 Å². The zero-order chi connectivity index (χ0) is 26.0. The molecule has 0 aromatic heterocycles. The average Bonchev–Trinajstić information content (AvgIpc) is 2.75. The van der Waals surface area contributed by atoms with Gasteiger partial charge in [-0.05, 0) is 25.0 Å². The standard InChI is InChI=1S/C22H33N5O8/c1-15(28)24-18-7-8-19(17-6-9-21(31)25-22(17)18)34-14-16(29)13-27(2,3)11-10-23-20(30)5-4-12-35-26(32)33/h7-8,16,29H,4-6,9-14H2,1-3H3,(H2-,23,24,25,28,30,31)/p+1. The number of aliphatic hydroxyl groups excluding tert-OH is 1. The number of amides is 3. The van der Waals surface area contributed by atoms with Crippen molar-refractivity contribution in [1.29, 1.82) is 0 Å². The van der Waals surface area contributed by atoms with E-state index in [4.69, 9.17) is 4.74 Å². The van der Waals surface area contributed by atoms with E-state index in [0.717, 1.165) is 5.56 Å². The van der Waals surface area contributed by atoms with E-state index in [-0.39, 0.29) is 43.8 Å². The number of likely N-dealkylation sites (N-methyl/N-ethyl adjacent to an activating group) is 1. The predicted molar refractivity (Wildman–Crippen MR) is 126 cm³/mol. The molecule has 0 fully saturated rings. The highest BCUT2D eigenvalue weighted by atomic mass is 16.9. The molecule has 1 unspecified atom stereocenters. The van der Waals surface area contributed by atoms with Crippen LogP contribution in [0.3, 0.4) is 0 Å². The molecule has 0 bridgehead atoms. The van der Waals surface area contributed by atoms with Crippen LogP contribution in [0.25, 0.3) is 0 Å². The Bertz CT molecular complexity index is 937. The van der Waals surface area contributed by atoms with E-state index in [1.165, 1.54) is 6.92 Å². The Morgan fingerprint density at radius 2 is 2.06 bits per heavy atom. The molecule has 3 amide bonds. The Hall–Kier alpha value is -3.45. The fourth-order valence-corrected chi connectivity index (χ4v) is 3.75. The molecule has 194 valence electrons. The second-order valence-electron chi connectivity index (χ2n) is 9.01. The third-order valence-electron chi connectivity index (χ3n) is 5.37. The average molecular weight is 497 g/mol. The molecule has 1 aromatic carbocycles. The Labute approximate surface area is 203 Å². The van der Waals surface area contributed by atoms with Crippen LogP contribution in [0.2, 0.25) is 0 Å². The van der Waals surface area contributed by atoms with Crippen LogP contribution in [0.4, 0.5) is 11.4 Å². The number of hydrogen-bond donors (Lipinski definition) is 4. The van der Waals surface area contributed by atoms with Crippen LogP contribution in [0.5, 0.6) is 5.75 Å². The molecule has 13 nitrogen and oxygen atoms in total. The molecule has 0 aliphatic carbocycles. The number of carbonyl (C=O) groups excluding carboxylic acids is 3. The smallest absolute Gasteiger partial charge is 0.294 e. The monoisotopic (exact) mass is 496 g/mol. The van der Waals surface area contributed by atoms with Crippen LogP contribution in [0.1, 0.15) is 31.7 Å². The van der Waals surface area contributed by atoms with Crippen LogP contribution in [0, 0.1) is 10.1 Å². The van der Waals surface area contributed by atoms with Gasteiger partial charge in [-0.15, -0.1) is 10.1 Å². The van der Waals surface area contributed by atoms with E-state index in [9.17, 15) is 29.6 Å². The lowest BCUT2D eigenvalue weighted by Crippen LogP contribution is -2.50. The Morgan fingerprint density at radius 3 is 2.74 bits per heavy atom. The van der Waals surface area contributed by atoms with Crippen molar-refractivity contribution in [2.45, 2.75) is 38.7 Å². The second-order valence-corrected chi connectivity index (χ2v) is 9.01. The number of anilines is 2. The first-order chi connectivity index (χ1) is 16.5. The van der Waals surface area contributed by atoms with Crippen LogP contribution in [-0.4, -0.2) is 85.4 Å². The van der Waals surface area contributed by atoms with Gasteiger partial charge in [0.25, 0.3) is 5.09 Å². The van der Waals surface area contributed by atoms with Gasteiger partial charge in [0.1, 0.15) is 25.0 Å². The highest BCUT2D eigenvalue weighted by Gasteiger charge is 2.25. The molecule has 1 aliphatic heterocycles. The molecular weight excluding hydrogens is 462 g/mol. The van der Waals surface area contributed by atoms with Gasteiger partial charge < -0.3 is 35.1 Å². The van der Waals surface area contributed by atoms with Crippen molar-refractivity contribution in [2.75, 3.05) is 57.6 Å². The summed E-state index contributed by atoms with van der Waals surface area (Å²) in [6, 6.07) is 3.36. The summed E-state index contributed by atoms with van der Waals surface area (Å²) >= 11 is 0. The van der Waals surface area contributed by atoms with E-state index in [2.05, 4.69) is 20.8 Å². The molecule has 1 aliphatic rings. The molecule has 4 N–H and O–H groups in total. The summed E-state index contributed by atoms with van der Waals surface area (Å²) in [7, 11) is 3.83. The van der Waals surface area contributed by atoms with Gasteiger partial charge in [-0.25, -0.2) is 0 Å². The Balaban J connectivity index is 1.82. The van der Waals surface area contributed by atoms with Gasteiger partial charge in [0, 0.05) is 25.3 Å². The van der Waals surface area contributed by atoms with Crippen LogP contribution in [-0.2, 0) is 25.6 Å². The number of fused-ring (bicyclic) bond motifs is 1. The quantitative estimate of drug-likeness (QED) is 0.125. The largest absolute Gasteiger partial charge is 0.490 e. The number of rotatable bonds is 14. The first-order valence-electron chi connectivity index (χ1n) is 11.4. The summed E-state index contributed by atoms with van der Waals surface area (Å²) in [4.78, 5) is 49.4. The van der Waals surface area contributed by atoms with Crippen LogP contribution < -0.4 is 20.7 Å². The molecule has 35 heavy (non-hydrogen) atoms. The highest BCUT2D eigenvalue weighted by molar-refractivity contribution is 6.02. The minimum atomic E-state index is -0.889. The fourth-order valence-electron chi connectivity index (χ4n) is 3.75. The van der Waals surface area contributed by atoms with Gasteiger partial charge in [0.05, 0.1) is 45.2 Å². The van der Waals surface area contributed by atoms with Crippen molar-refractivity contribution in [3.05, 3.63) is 27.8 Å². The highest BCUT2D eigenvalue weighted by Crippen LogP contribution is 2.37. The molecule has 1 heterocycles. The summed E-state index contributed by atoms with van der Waals surface area (Å²) in [5, 5.41) is 28.0. The molecule has 1 atom stereocenters. The van der Waals surface area contributed by atoms with Gasteiger partial charge in [-0.3, -0.25) is 14.4 Å². The molecule has 1 aromatic rings. The summed E-state index contributed by atoms with van der Waals surface area (Å²) in [6.07, 6.45) is 0.348. The first kappa shape index (κ1) is 27.8. The molecule has 0 radical (unpaired) electrons. The maximum atomic E-state index is 11.9. The number of aliphatic hydroxyl groups is 1. The Morgan fingerprint density at radius 1 is 1.31 bits per heavy atom. The van der Waals surface area contributed by atoms with Gasteiger partial charge >= 0.3 is 0 Å². The number of ether oxygens (including phenoxy) is 1. The van der Waals surface area contributed by atoms with Crippen molar-refractivity contribution in [3.8, 4) is 5.75 Å². The molecule has 0 saturated heterocycles. The minimum Gasteiger partial charge on any atom is -0.490 e. The zero-order valence-corrected chi connectivity index (χ0v) is 20.3. The van der Waals surface area contributed by atoms with E-state index in [0.29, 0.717) is 54.1 Å². The van der Waals surface area contributed by atoms with E-state index in [1.807, 2.05) is 14.1 Å². The molecule has 0 saturated carbocycles. The molecule has 0 spiro atoms. The van der Waals surface area contributed by atoms with Crippen molar-refractivity contribution >= 4 is 29.1 Å². The van der Waals surface area contributed by atoms with Gasteiger partial charge in [0.15, 0.2) is 0 Å². The van der Waals surface area contributed by atoms with Crippen molar-refractivity contribution in [1.82, 2.24) is 5.32 Å². The minimum absolute atomic E-state index is 0.0321. The van der Waals surface area contributed by atoms with Crippen LogP contribution >= 0.6 is 0 Å². The maximum Gasteiger partial charge on any atom is 0.294 e. The third kappa shape index (κ3) is 9.74. The molecule has 2 rings (SSSR count). The predicted octanol–water partition coefficient (Wildman–Crippen LogP) is 0.451. The lowest BCUT2D eigenvalue weighted by Gasteiger charge is -2.32. The summed E-state index contributed by atoms with van der Waals surface area (Å²) < 4.78 is 6.29. The topological polar surface area (TPSA) is 169 Å². The fraction of sp³-hybridized carbons (Fsp3) is 0.591. The summed E-state index contributed by atoms with van der Waals surface area (Å²) in [5.41, 5.74) is 1.78. The van der Waals surface area contributed by atoms with Gasteiger partial charge in [-0.1, -0.05) is 0 Å². The second kappa shape index (κ2) is 12.9. The number of carbonyl (C=O) groups is 3. The summed E-state index contributed by atoms with van der Waals surface area (Å²) in [6.45, 7) is 2.60. The Kier molecular flexibility index (Phi) is 10.2. The zero-order valence-electron chi connectivity index (χ0n) is 20.3. The molecular formula is C22H34N5O8+. The van der Waals surface area contributed by atoms with Crippen molar-refractivity contribution in [3.63, 3.8) is 0 Å². The van der Waals surface area contributed by atoms with Crippen molar-refractivity contribution < 1.29 is 38.6 Å². The normalized spacial score (nSPS) is 13.8. The van der Waals surface area contributed by atoms with E-state index >= 15 is 0 Å². The lowest BCUT2D eigenvalue weighted by molar-refractivity contribution is -0.892. The first-order valence-corrected chi connectivity index (χ1v) is 11.4. The SMILES string of the molecule is CC(=O)Nc1ccc(OCC(O)C[N+](C)(C)CCNC(=O)CCCO[N+](=O)[O-])c2c1NC(=O)CC2. The number of benzene rings is 1.